The van der Waals surface area contributed by atoms with E-state index < -0.39 is 0 Å². The number of hydrogen-bond acceptors (Lipinski definition) is 2. The molecule has 3 nitrogen and oxygen atoms in total. The Morgan fingerprint density at radius 2 is 2.05 bits per heavy atom. The van der Waals surface area contributed by atoms with Gasteiger partial charge in [0.05, 0.1) is 5.92 Å². The van der Waals surface area contributed by atoms with Crippen LogP contribution in [0.25, 0.3) is 0 Å². The molecule has 1 fully saturated rings. The van der Waals surface area contributed by atoms with Crippen LogP contribution in [0.2, 0.25) is 0 Å². The van der Waals surface area contributed by atoms with Crippen LogP contribution in [0.3, 0.4) is 0 Å². The number of para-hydroxylation sites is 1. The van der Waals surface area contributed by atoms with Gasteiger partial charge in [-0.2, -0.15) is 0 Å². The maximum Gasteiger partial charge on any atom is 0.225 e. The van der Waals surface area contributed by atoms with Crippen molar-refractivity contribution in [1.82, 2.24) is 5.32 Å². The first kappa shape index (κ1) is 13.5. The van der Waals surface area contributed by atoms with Crippen molar-refractivity contribution in [1.29, 1.82) is 0 Å². The van der Waals surface area contributed by atoms with Crippen molar-refractivity contribution in [2.45, 2.75) is 45.1 Å². The minimum atomic E-state index is 0.0685. The molecule has 1 saturated carbocycles. The summed E-state index contributed by atoms with van der Waals surface area (Å²) >= 11 is 0. The van der Waals surface area contributed by atoms with Crippen LogP contribution in [0, 0.1) is 11.8 Å². The molecule has 1 aliphatic carbocycles. The zero-order chi connectivity index (χ0) is 13.9. The van der Waals surface area contributed by atoms with E-state index in [0.717, 1.165) is 19.4 Å². The average Bonchev–Trinajstić information content (AvgIpc) is 2.49. The summed E-state index contributed by atoms with van der Waals surface area (Å²) in [6, 6.07) is 8.67. The van der Waals surface area contributed by atoms with Crippen molar-refractivity contribution >= 4 is 11.6 Å². The highest BCUT2D eigenvalue weighted by Crippen LogP contribution is 2.26. The van der Waals surface area contributed by atoms with Gasteiger partial charge in [0.2, 0.25) is 5.91 Å². The zero-order valence-electron chi connectivity index (χ0n) is 12.2. The highest BCUT2D eigenvalue weighted by Gasteiger charge is 2.28. The number of amides is 1. The molecular weight excluding hydrogens is 248 g/mol. The summed E-state index contributed by atoms with van der Waals surface area (Å²) in [6.45, 7) is 3.02. The van der Waals surface area contributed by atoms with Crippen molar-refractivity contribution in [2.75, 3.05) is 11.9 Å². The molecule has 108 valence electrons. The van der Waals surface area contributed by atoms with E-state index >= 15 is 0 Å². The molecule has 20 heavy (non-hydrogen) atoms. The van der Waals surface area contributed by atoms with Crippen LogP contribution >= 0.6 is 0 Å². The van der Waals surface area contributed by atoms with Crippen LogP contribution in [-0.2, 0) is 11.2 Å². The summed E-state index contributed by atoms with van der Waals surface area (Å²) in [5.41, 5.74) is 2.44. The maximum absolute atomic E-state index is 12.5. The standard InChI is InChI=1S/C17H24N2O/c1-12-6-2-4-8-15(12)19-17(20)14-10-13-7-3-5-9-16(13)18-11-14/h3,5,7,9,12,14-15,18H,2,4,6,8,10-11H2,1H3,(H,19,20). The normalized spacial score (nSPS) is 29.1. The van der Waals surface area contributed by atoms with Gasteiger partial charge >= 0.3 is 0 Å². The molecule has 0 aromatic heterocycles. The lowest BCUT2D eigenvalue weighted by molar-refractivity contribution is -0.126. The maximum atomic E-state index is 12.5. The Kier molecular flexibility index (Phi) is 3.95. The number of rotatable bonds is 2. The fourth-order valence-corrected chi connectivity index (χ4v) is 3.46. The average molecular weight is 272 g/mol. The molecule has 2 N–H and O–H groups in total. The van der Waals surface area contributed by atoms with Gasteiger partial charge in [0.15, 0.2) is 0 Å². The molecule has 3 heteroatoms. The molecule has 1 aromatic rings. The van der Waals surface area contributed by atoms with E-state index in [9.17, 15) is 4.79 Å². The van der Waals surface area contributed by atoms with Crippen molar-refractivity contribution < 1.29 is 4.79 Å². The first-order valence-electron chi connectivity index (χ1n) is 7.86. The smallest absolute Gasteiger partial charge is 0.225 e. The second kappa shape index (κ2) is 5.86. The molecule has 1 heterocycles. The van der Waals surface area contributed by atoms with Gasteiger partial charge in [-0.1, -0.05) is 38.0 Å². The Bertz CT molecular complexity index is 486. The van der Waals surface area contributed by atoms with E-state index in [1.807, 2.05) is 12.1 Å². The van der Waals surface area contributed by atoms with Gasteiger partial charge < -0.3 is 10.6 Å². The van der Waals surface area contributed by atoms with Gasteiger partial charge in [0, 0.05) is 18.3 Å². The summed E-state index contributed by atoms with van der Waals surface area (Å²) in [4.78, 5) is 12.5. The van der Waals surface area contributed by atoms with Crippen LogP contribution in [0.1, 0.15) is 38.2 Å². The first-order valence-corrected chi connectivity index (χ1v) is 7.86. The van der Waals surface area contributed by atoms with Crippen molar-refractivity contribution in [3.8, 4) is 0 Å². The molecule has 3 atom stereocenters. The predicted octanol–water partition coefficient (Wildman–Crippen LogP) is 2.97. The number of carbonyl (C=O) groups is 1. The summed E-state index contributed by atoms with van der Waals surface area (Å²) < 4.78 is 0. The summed E-state index contributed by atoms with van der Waals surface area (Å²) in [6.07, 6.45) is 5.81. The number of fused-ring (bicyclic) bond motifs is 1. The lowest BCUT2D eigenvalue weighted by Gasteiger charge is -2.32. The largest absolute Gasteiger partial charge is 0.384 e. The molecule has 0 radical (unpaired) electrons. The van der Waals surface area contributed by atoms with Crippen molar-refractivity contribution in [3.63, 3.8) is 0 Å². The van der Waals surface area contributed by atoms with Crippen LogP contribution in [0.5, 0.6) is 0 Å². The highest BCUT2D eigenvalue weighted by molar-refractivity contribution is 5.81. The molecule has 2 aliphatic rings. The summed E-state index contributed by atoms with van der Waals surface area (Å²) in [7, 11) is 0. The van der Waals surface area contributed by atoms with Crippen molar-refractivity contribution in [3.05, 3.63) is 29.8 Å². The predicted molar refractivity (Wildman–Crippen MR) is 81.7 cm³/mol. The number of hydrogen-bond donors (Lipinski definition) is 2. The molecule has 0 spiro atoms. The Morgan fingerprint density at radius 3 is 2.90 bits per heavy atom. The van der Waals surface area contributed by atoms with Crippen LogP contribution in [0.4, 0.5) is 5.69 Å². The van der Waals surface area contributed by atoms with Crippen molar-refractivity contribution in [2.24, 2.45) is 11.8 Å². The quantitative estimate of drug-likeness (QED) is 0.869. The van der Waals surface area contributed by atoms with Gasteiger partial charge in [-0.25, -0.2) is 0 Å². The lowest BCUT2D eigenvalue weighted by atomic mass is 9.85. The highest BCUT2D eigenvalue weighted by atomic mass is 16.2. The number of nitrogens with one attached hydrogen (secondary N) is 2. The van der Waals surface area contributed by atoms with E-state index in [0.29, 0.717) is 12.0 Å². The minimum absolute atomic E-state index is 0.0685. The zero-order valence-corrected chi connectivity index (χ0v) is 12.2. The van der Waals surface area contributed by atoms with E-state index in [4.69, 9.17) is 0 Å². The molecular formula is C17H24N2O. The molecule has 0 bridgehead atoms. The third-order valence-corrected chi connectivity index (χ3v) is 4.83. The van der Waals surface area contributed by atoms with Crippen LogP contribution in [0.15, 0.2) is 24.3 Å². The van der Waals surface area contributed by atoms with E-state index in [-0.39, 0.29) is 11.8 Å². The second-order valence-electron chi connectivity index (χ2n) is 6.32. The molecule has 1 aromatic carbocycles. The van der Waals surface area contributed by atoms with Crippen LogP contribution in [-0.4, -0.2) is 18.5 Å². The minimum Gasteiger partial charge on any atom is -0.384 e. The number of carbonyl (C=O) groups excluding carboxylic acids is 1. The Balaban J connectivity index is 1.61. The summed E-state index contributed by atoms with van der Waals surface area (Å²) in [5.74, 6) is 0.918. The van der Waals surface area contributed by atoms with E-state index in [1.165, 1.54) is 30.5 Å². The lowest BCUT2D eigenvalue weighted by Crippen LogP contribution is -2.46. The topological polar surface area (TPSA) is 41.1 Å². The monoisotopic (exact) mass is 272 g/mol. The fraction of sp³-hybridized carbons (Fsp3) is 0.588. The van der Waals surface area contributed by atoms with E-state index in [1.54, 1.807) is 0 Å². The molecule has 1 aliphatic heterocycles. The van der Waals surface area contributed by atoms with E-state index in [2.05, 4.69) is 29.7 Å². The summed E-state index contributed by atoms with van der Waals surface area (Å²) in [5, 5.41) is 6.67. The first-order chi connectivity index (χ1) is 9.74. The second-order valence-corrected chi connectivity index (χ2v) is 6.32. The van der Waals surface area contributed by atoms with Gasteiger partial charge in [-0.05, 0) is 36.8 Å². The molecule has 0 saturated heterocycles. The number of benzene rings is 1. The van der Waals surface area contributed by atoms with Gasteiger partial charge in [0.1, 0.15) is 0 Å². The van der Waals surface area contributed by atoms with Gasteiger partial charge in [-0.3, -0.25) is 4.79 Å². The fourth-order valence-electron chi connectivity index (χ4n) is 3.46. The number of anilines is 1. The Labute approximate surface area is 121 Å². The van der Waals surface area contributed by atoms with Gasteiger partial charge in [-0.15, -0.1) is 0 Å². The molecule has 1 amide bonds. The SMILES string of the molecule is CC1CCCCC1NC(=O)C1CNc2ccccc2C1. The Morgan fingerprint density at radius 1 is 1.25 bits per heavy atom. The molecule has 3 rings (SSSR count). The van der Waals surface area contributed by atoms with Gasteiger partial charge in [0.25, 0.3) is 0 Å². The van der Waals surface area contributed by atoms with Crippen LogP contribution < -0.4 is 10.6 Å². The molecule has 3 unspecified atom stereocenters. The Hall–Kier alpha value is -1.51. The third kappa shape index (κ3) is 2.82. The third-order valence-electron chi connectivity index (χ3n) is 4.83.